The molecule has 0 aliphatic heterocycles. The van der Waals surface area contributed by atoms with Gasteiger partial charge >= 0.3 is 0 Å². The van der Waals surface area contributed by atoms with Crippen molar-refractivity contribution in [1.29, 1.82) is 0 Å². The summed E-state index contributed by atoms with van der Waals surface area (Å²) in [6.45, 7) is 3.99. The van der Waals surface area contributed by atoms with E-state index in [9.17, 15) is 4.79 Å². The third kappa shape index (κ3) is 3.32. The number of carbonyl (C=O) groups is 1. The molecule has 0 spiro atoms. The van der Waals surface area contributed by atoms with Crippen molar-refractivity contribution in [2.75, 3.05) is 5.75 Å². The van der Waals surface area contributed by atoms with Gasteiger partial charge in [0.2, 0.25) is 0 Å². The number of benzene rings is 1. The molecule has 0 atom stereocenters. The third-order valence-electron chi connectivity index (χ3n) is 3.80. The van der Waals surface area contributed by atoms with E-state index in [1.807, 2.05) is 55.8 Å². The predicted molar refractivity (Wildman–Crippen MR) is 99.0 cm³/mol. The zero-order valence-electron chi connectivity index (χ0n) is 13.7. The van der Waals surface area contributed by atoms with Gasteiger partial charge < -0.3 is 9.13 Å². The van der Waals surface area contributed by atoms with E-state index in [-0.39, 0.29) is 5.78 Å². The lowest BCUT2D eigenvalue weighted by Gasteiger charge is -2.10. The second-order valence-corrected chi connectivity index (χ2v) is 7.39. The van der Waals surface area contributed by atoms with Gasteiger partial charge in [0.15, 0.2) is 10.9 Å². The normalized spacial score (nSPS) is 11.0. The monoisotopic (exact) mass is 404 g/mol. The highest BCUT2D eigenvalue weighted by molar-refractivity contribution is 9.10. The van der Waals surface area contributed by atoms with Crippen LogP contribution in [0, 0.1) is 13.8 Å². The van der Waals surface area contributed by atoms with Gasteiger partial charge in [0.1, 0.15) is 6.33 Å². The molecule has 0 aliphatic carbocycles. The number of ketones is 1. The topological polar surface area (TPSA) is 52.7 Å². The Hall–Kier alpha value is -1.86. The van der Waals surface area contributed by atoms with Crippen LogP contribution in [0.4, 0.5) is 0 Å². The van der Waals surface area contributed by atoms with Gasteiger partial charge in [0, 0.05) is 34.2 Å². The summed E-state index contributed by atoms with van der Waals surface area (Å²) in [5, 5.41) is 8.57. The van der Waals surface area contributed by atoms with E-state index in [1.165, 1.54) is 11.8 Å². The SMILES string of the molecule is Cc1cc(C(=O)CSc2nncn2C)c(C)n1-c1cccc(Br)c1. The molecular formula is C17H17BrN4OS. The fourth-order valence-corrected chi connectivity index (χ4v) is 3.83. The molecule has 0 saturated heterocycles. The molecular weight excluding hydrogens is 388 g/mol. The van der Waals surface area contributed by atoms with E-state index in [1.54, 1.807) is 6.33 Å². The molecule has 2 aromatic heterocycles. The number of rotatable bonds is 5. The van der Waals surface area contributed by atoms with Gasteiger partial charge in [0.05, 0.1) is 5.75 Å². The van der Waals surface area contributed by atoms with Crippen LogP contribution in [-0.2, 0) is 7.05 Å². The van der Waals surface area contributed by atoms with Crippen LogP contribution in [0.3, 0.4) is 0 Å². The van der Waals surface area contributed by atoms with Crippen LogP contribution >= 0.6 is 27.7 Å². The smallest absolute Gasteiger partial charge is 0.191 e. The van der Waals surface area contributed by atoms with Crippen molar-refractivity contribution in [2.45, 2.75) is 19.0 Å². The number of Topliss-reactive ketones (excluding diaryl/α,β-unsaturated/α-hetero) is 1. The largest absolute Gasteiger partial charge is 0.318 e. The number of aryl methyl sites for hydroxylation is 2. The Balaban J connectivity index is 1.85. The minimum atomic E-state index is 0.0948. The van der Waals surface area contributed by atoms with Crippen molar-refractivity contribution in [3.05, 3.63) is 58.1 Å². The quantitative estimate of drug-likeness (QED) is 0.476. The maximum atomic E-state index is 12.6. The minimum absolute atomic E-state index is 0.0948. The Labute approximate surface area is 153 Å². The lowest BCUT2D eigenvalue weighted by Crippen LogP contribution is -2.06. The molecule has 24 heavy (non-hydrogen) atoms. The molecule has 1 aromatic carbocycles. The van der Waals surface area contributed by atoms with Crippen LogP contribution in [0.5, 0.6) is 0 Å². The fourth-order valence-electron chi connectivity index (χ4n) is 2.67. The number of carbonyl (C=O) groups excluding carboxylic acids is 1. The highest BCUT2D eigenvalue weighted by Crippen LogP contribution is 2.25. The molecule has 0 unspecified atom stereocenters. The van der Waals surface area contributed by atoms with Crippen LogP contribution in [-0.4, -0.2) is 30.9 Å². The van der Waals surface area contributed by atoms with Gasteiger partial charge in [0.25, 0.3) is 0 Å². The molecule has 3 aromatic rings. The van der Waals surface area contributed by atoms with Crippen molar-refractivity contribution in [1.82, 2.24) is 19.3 Å². The standard InChI is InChI=1S/C17H17BrN4OS/c1-11-7-15(16(23)9-24-17-20-19-10-21(17)3)12(2)22(11)14-6-4-5-13(18)8-14/h4-8,10H,9H2,1-3H3. The lowest BCUT2D eigenvalue weighted by atomic mass is 10.2. The maximum Gasteiger partial charge on any atom is 0.191 e. The van der Waals surface area contributed by atoms with E-state index in [0.29, 0.717) is 5.75 Å². The Morgan fingerprint density at radius 3 is 2.75 bits per heavy atom. The van der Waals surface area contributed by atoms with Gasteiger partial charge in [-0.05, 0) is 38.1 Å². The number of nitrogens with zero attached hydrogens (tertiary/aromatic N) is 4. The van der Waals surface area contributed by atoms with Crippen LogP contribution < -0.4 is 0 Å². The van der Waals surface area contributed by atoms with Gasteiger partial charge in [-0.2, -0.15) is 0 Å². The van der Waals surface area contributed by atoms with Crippen molar-refractivity contribution in [3.8, 4) is 5.69 Å². The zero-order valence-corrected chi connectivity index (χ0v) is 16.1. The molecule has 0 bridgehead atoms. The highest BCUT2D eigenvalue weighted by Gasteiger charge is 2.17. The van der Waals surface area contributed by atoms with E-state index in [0.717, 1.165) is 32.3 Å². The van der Waals surface area contributed by atoms with Crippen LogP contribution in [0.15, 0.2) is 46.3 Å². The average Bonchev–Trinajstić information content (AvgIpc) is 3.08. The summed E-state index contributed by atoms with van der Waals surface area (Å²) in [7, 11) is 1.87. The Kier molecular flexibility index (Phi) is 4.91. The first-order chi connectivity index (χ1) is 11.5. The zero-order chi connectivity index (χ0) is 17.3. The van der Waals surface area contributed by atoms with E-state index < -0.39 is 0 Å². The molecule has 124 valence electrons. The van der Waals surface area contributed by atoms with Crippen molar-refractivity contribution >= 4 is 33.5 Å². The minimum Gasteiger partial charge on any atom is -0.318 e. The molecule has 0 N–H and O–H groups in total. The average molecular weight is 405 g/mol. The fraction of sp³-hybridized carbons (Fsp3) is 0.235. The van der Waals surface area contributed by atoms with Crippen molar-refractivity contribution < 1.29 is 4.79 Å². The third-order valence-corrected chi connectivity index (χ3v) is 5.33. The molecule has 0 fully saturated rings. The van der Waals surface area contributed by atoms with Crippen LogP contribution in [0.2, 0.25) is 0 Å². The van der Waals surface area contributed by atoms with Crippen LogP contribution in [0.1, 0.15) is 21.7 Å². The molecule has 0 amide bonds. The van der Waals surface area contributed by atoms with Gasteiger partial charge in [-0.25, -0.2) is 0 Å². The first kappa shape index (κ1) is 17.0. The highest BCUT2D eigenvalue weighted by atomic mass is 79.9. The summed E-state index contributed by atoms with van der Waals surface area (Å²) in [5.41, 5.74) is 3.79. The van der Waals surface area contributed by atoms with Gasteiger partial charge in [-0.3, -0.25) is 4.79 Å². The second-order valence-electron chi connectivity index (χ2n) is 5.54. The van der Waals surface area contributed by atoms with E-state index >= 15 is 0 Å². The van der Waals surface area contributed by atoms with E-state index in [2.05, 4.69) is 30.7 Å². The molecule has 0 aliphatic rings. The second kappa shape index (κ2) is 6.94. The van der Waals surface area contributed by atoms with E-state index in [4.69, 9.17) is 0 Å². The molecule has 5 nitrogen and oxygen atoms in total. The first-order valence-corrected chi connectivity index (χ1v) is 9.20. The summed E-state index contributed by atoms with van der Waals surface area (Å²) in [6, 6.07) is 10.0. The molecule has 0 radical (unpaired) electrons. The molecule has 7 heteroatoms. The van der Waals surface area contributed by atoms with Crippen molar-refractivity contribution in [3.63, 3.8) is 0 Å². The number of aromatic nitrogens is 4. The first-order valence-electron chi connectivity index (χ1n) is 7.42. The predicted octanol–water partition coefficient (Wildman–Crippen LogP) is 3.96. The number of halogens is 1. The number of hydrogen-bond donors (Lipinski definition) is 0. The van der Waals surface area contributed by atoms with Gasteiger partial charge in [-0.15, -0.1) is 10.2 Å². The maximum absolute atomic E-state index is 12.6. The Bertz CT molecular complexity index is 900. The summed E-state index contributed by atoms with van der Waals surface area (Å²) in [6.07, 6.45) is 1.63. The summed E-state index contributed by atoms with van der Waals surface area (Å²) in [4.78, 5) is 12.6. The summed E-state index contributed by atoms with van der Waals surface area (Å²) < 4.78 is 4.92. The number of hydrogen-bond acceptors (Lipinski definition) is 4. The Morgan fingerprint density at radius 1 is 1.29 bits per heavy atom. The molecule has 0 saturated carbocycles. The molecule has 2 heterocycles. The summed E-state index contributed by atoms with van der Waals surface area (Å²) >= 11 is 4.90. The van der Waals surface area contributed by atoms with Crippen LogP contribution in [0.25, 0.3) is 5.69 Å². The lowest BCUT2D eigenvalue weighted by molar-refractivity contribution is 0.102. The Morgan fingerprint density at radius 2 is 2.08 bits per heavy atom. The summed E-state index contributed by atoms with van der Waals surface area (Å²) in [5.74, 6) is 0.437. The van der Waals surface area contributed by atoms with Gasteiger partial charge in [-0.1, -0.05) is 33.8 Å². The van der Waals surface area contributed by atoms with Crippen molar-refractivity contribution in [2.24, 2.45) is 7.05 Å². The number of thioether (sulfide) groups is 1. The molecule has 3 rings (SSSR count).